The van der Waals surface area contributed by atoms with Crippen molar-refractivity contribution in [2.24, 2.45) is 0 Å². The Labute approximate surface area is 139 Å². The lowest BCUT2D eigenvalue weighted by atomic mass is 10.0. The number of piperidine rings is 1. The topological polar surface area (TPSA) is 49.8 Å². The van der Waals surface area contributed by atoms with E-state index in [1.54, 1.807) is 0 Å². The van der Waals surface area contributed by atoms with Crippen molar-refractivity contribution in [2.45, 2.75) is 58.4 Å². The molecule has 2 rings (SSSR count). The van der Waals surface area contributed by atoms with E-state index < -0.39 is 0 Å². The molecular weight excluding hydrogens is 290 g/mol. The largest absolute Gasteiger partial charge is 0.494 e. The molecule has 1 heterocycles. The molecule has 1 aliphatic heterocycles. The average molecular weight is 319 g/mol. The molecule has 1 amide bonds. The number of ether oxygens (including phenoxy) is 1. The molecule has 1 fully saturated rings. The summed E-state index contributed by atoms with van der Waals surface area (Å²) >= 11 is 0. The number of aliphatic hydroxyl groups excluding tert-OH is 1. The number of aliphatic hydroxyl groups is 1. The number of likely N-dealkylation sites (tertiary alicyclic amines) is 1. The van der Waals surface area contributed by atoms with E-state index >= 15 is 0 Å². The number of benzene rings is 1. The summed E-state index contributed by atoms with van der Waals surface area (Å²) in [6.07, 6.45) is 5.40. The molecule has 1 atom stereocenters. The van der Waals surface area contributed by atoms with Gasteiger partial charge in [0, 0.05) is 13.0 Å². The lowest BCUT2D eigenvalue weighted by molar-refractivity contribution is -0.136. The van der Waals surface area contributed by atoms with E-state index in [1.165, 1.54) is 5.56 Å². The Bertz CT molecular complexity index is 515. The van der Waals surface area contributed by atoms with E-state index in [9.17, 15) is 9.90 Å². The first-order valence-electron chi connectivity index (χ1n) is 8.78. The normalized spacial score (nSPS) is 18.0. The van der Waals surface area contributed by atoms with Gasteiger partial charge in [-0.15, -0.1) is 0 Å². The zero-order valence-electron chi connectivity index (χ0n) is 14.4. The van der Waals surface area contributed by atoms with Gasteiger partial charge in [-0.2, -0.15) is 0 Å². The van der Waals surface area contributed by atoms with Crippen LogP contribution in [-0.2, 0) is 11.2 Å². The molecule has 0 radical (unpaired) electrons. The number of aryl methyl sites for hydroxylation is 2. The molecule has 4 heteroatoms. The van der Waals surface area contributed by atoms with Gasteiger partial charge in [0.05, 0.1) is 19.3 Å². The quantitative estimate of drug-likeness (QED) is 0.840. The summed E-state index contributed by atoms with van der Waals surface area (Å²) in [6, 6.07) is 6.28. The van der Waals surface area contributed by atoms with E-state index in [-0.39, 0.29) is 18.6 Å². The highest BCUT2D eigenvalue weighted by Gasteiger charge is 2.25. The number of carbonyl (C=O) groups is 1. The summed E-state index contributed by atoms with van der Waals surface area (Å²) in [6.45, 7) is 5.60. The molecule has 1 aliphatic rings. The van der Waals surface area contributed by atoms with Crippen LogP contribution < -0.4 is 4.74 Å². The van der Waals surface area contributed by atoms with Gasteiger partial charge < -0.3 is 14.7 Å². The second kappa shape index (κ2) is 8.92. The van der Waals surface area contributed by atoms with E-state index in [0.29, 0.717) is 13.0 Å². The second-order valence-electron chi connectivity index (χ2n) is 6.31. The van der Waals surface area contributed by atoms with Gasteiger partial charge in [0.25, 0.3) is 0 Å². The average Bonchev–Trinajstić information content (AvgIpc) is 2.57. The number of rotatable bonds is 7. The third-order valence-corrected chi connectivity index (χ3v) is 4.55. The van der Waals surface area contributed by atoms with Gasteiger partial charge in [0.2, 0.25) is 5.91 Å². The van der Waals surface area contributed by atoms with Gasteiger partial charge in [-0.05, 0) is 63.1 Å². The maximum atomic E-state index is 12.4. The number of amides is 1. The minimum absolute atomic E-state index is 0.0315. The monoisotopic (exact) mass is 319 g/mol. The van der Waals surface area contributed by atoms with Crippen LogP contribution in [-0.4, -0.2) is 41.7 Å². The summed E-state index contributed by atoms with van der Waals surface area (Å²) in [4.78, 5) is 14.2. The number of hydrogen-bond donors (Lipinski definition) is 1. The molecule has 0 unspecified atom stereocenters. The van der Waals surface area contributed by atoms with Gasteiger partial charge in [-0.3, -0.25) is 4.79 Å². The molecular formula is C19H29NO3. The zero-order valence-corrected chi connectivity index (χ0v) is 14.4. The van der Waals surface area contributed by atoms with Crippen LogP contribution in [0.4, 0.5) is 0 Å². The van der Waals surface area contributed by atoms with Crippen molar-refractivity contribution >= 4 is 5.91 Å². The molecule has 0 aliphatic carbocycles. The zero-order chi connectivity index (χ0) is 16.7. The van der Waals surface area contributed by atoms with Crippen LogP contribution in [0.5, 0.6) is 5.75 Å². The van der Waals surface area contributed by atoms with Crippen molar-refractivity contribution in [1.29, 1.82) is 0 Å². The van der Waals surface area contributed by atoms with Crippen LogP contribution >= 0.6 is 0 Å². The molecule has 4 nitrogen and oxygen atoms in total. The predicted molar refractivity (Wildman–Crippen MR) is 91.7 cm³/mol. The first kappa shape index (κ1) is 17.8. The Morgan fingerprint density at radius 2 is 2.22 bits per heavy atom. The van der Waals surface area contributed by atoms with Crippen molar-refractivity contribution in [1.82, 2.24) is 4.90 Å². The Kier molecular flexibility index (Phi) is 6.90. The van der Waals surface area contributed by atoms with E-state index in [1.807, 2.05) is 17.9 Å². The first-order valence-corrected chi connectivity index (χ1v) is 8.78. The van der Waals surface area contributed by atoms with Gasteiger partial charge in [-0.25, -0.2) is 0 Å². The maximum absolute atomic E-state index is 12.4. The predicted octanol–water partition coefficient (Wildman–Crippen LogP) is 3.09. The molecule has 0 aromatic heterocycles. The van der Waals surface area contributed by atoms with Crippen LogP contribution in [0.1, 0.15) is 50.2 Å². The Hall–Kier alpha value is -1.55. The lowest BCUT2D eigenvalue weighted by Gasteiger charge is -2.34. The molecule has 0 bridgehead atoms. The summed E-state index contributed by atoms with van der Waals surface area (Å²) in [5, 5.41) is 9.41. The Balaban J connectivity index is 1.82. The van der Waals surface area contributed by atoms with Crippen LogP contribution in [0.25, 0.3) is 0 Å². The Morgan fingerprint density at radius 3 is 2.91 bits per heavy atom. The number of carbonyl (C=O) groups excluding carboxylic acids is 1. The van der Waals surface area contributed by atoms with Crippen LogP contribution in [0.3, 0.4) is 0 Å². The molecule has 1 N–H and O–H groups in total. The van der Waals surface area contributed by atoms with Gasteiger partial charge in [0.15, 0.2) is 0 Å². The molecule has 1 saturated heterocycles. The van der Waals surface area contributed by atoms with Crippen molar-refractivity contribution in [3.8, 4) is 5.75 Å². The summed E-state index contributed by atoms with van der Waals surface area (Å²) in [5.41, 5.74) is 2.39. The molecule has 1 aromatic carbocycles. The van der Waals surface area contributed by atoms with Gasteiger partial charge in [-0.1, -0.05) is 12.1 Å². The van der Waals surface area contributed by atoms with Gasteiger partial charge in [0.1, 0.15) is 5.75 Å². The van der Waals surface area contributed by atoms with E-state index in [2.05, 4.69) is 19.1 Å². The molecule has 0 saturated carbocycles. The number of nitrogens with zero attached hydrogens (tertiary/aromatic N) is 1. The molecule has 0 spiro atoms. The first-order chi connectivity index (χ1) is 11.2. The highest BCUT2D eigenvalue weighted by atomic mass is 16.5. The van der Waals surface area contributed by atoms with Crippen LogP contribution in [0, 0.1) is 6.92 Å². The van der Waals surface area contributed by atoms with Crippen LogP contribution in [0.2, 0.25) is 0 Å². The summed E-state index contributed by atoms with van der Waals surface area (Å²) in [5.74, 6) is 1.12. The maximum Gasteiger partial charge on any atom is 0.222 e. The smallest absolute Gasteiger partial charge is 0.222 e. The third-order valence-electron chi connectivity index (χ3n) is 4.55. The minimum Gasteiger partial charge on any atom is -0.494 e. The fourth-order valence-electron chi connectivity index (χ4n) is 3.29. The standard InChI is InChI=1S/C19H29NO3/c1-3-23-18-11-10-16(13-15(18)2)7-6-9-19(22)20-12-5-4-8-17(20)14-21/h10-11,13,17,21H,3-9,12,14H2,1-2H3/t17-/m1/s1. The SMILES string of the molecule is CCOc1ccc(CCCC(=O)N2CCCC[C@@H]2CO)cc1C. The van der Waals surface area contributed by atoms with Gasteiger partial charge >= 0.3 is 0 Å². The fourth-order valence-corrected chi connectivity index (χ4v) is 3.29. The highest BCUT2D eigenvalue weighted by Crippen LogP contribution is 2.21. The second-order valence-corrected chi connectivity index (χ2v) is 6.31. The molecule has 1 aromatic rings. The third kappa shape index (κ3) is 4.96. The van der Waals surface area contributed by atoms with Crippen molar-refractivity contribution < 1.29 is 14.6 Å². The van der Waals surface area contributed by atoms with Crippen molar-refractivity contribution in [3.05, 3.63) is 29.3 Å². The minimum atomic E-state index is 0.0315. The van der Waals surface area contributed by atoms with Crippen LogP contribution in [0.15, 0.2) is 18.2 Å². The van der Waals surface area contributed by atoms with E-state index in [4.69, 9.17) is 4.74 Å². The van der Waals surface area contributed by atoms with Crippen molar-refractivity contribution in [2.75, 3.05) is 19.8 Å². The molecule has 128 valence electrons. The van der Waals surface area contributed by atoms with E-state index in [0.717, 1.165) is 50.0 Å². The fraction of sp³-hybridized carbons (Fsp3) is 0.632. The number of hydrogen-bond acceptors (Lipinski definition) is 3. The summed E-state index contributed by atoms with van der Waals surface area (Å²) < 4.78 is 5.55. The lowest BCUT2D eigenvalue weighted by Crippen LogP contribution is -2.45. The Morgan fingerprint density at radius 1 is 1.39 bits per heavy atom. The van der Waals surface area contributed by atoms with Crippen molar-refractivity contribution in [3.63, 3.8) is 0 Å². The molecule has 23 heavy (non-hydrogen) atoms. The highest BCUT2D eigenvalue weighted by molar-refractivity contribution is 5.76. The summed E-state index contributed by atoms with van der Waals surface area (Å²) in [7, 11) is 0.